The highest BCUT2D eigenvalue weighted by molar-refractivity contribution is 5.73. The molecular formula is C24H33N5O2. The van der Waals surface area contributed by atoms with Gasteiger partial charge in [0.1, 0.15) is 0 Å². The van der Waals surface area contributed by atoms with Crippen molar-refractivity contribution >= 4 is 23.1 Å². The van der Waals surface area contributed by atoms with Crippen LogP contribution in [0.25, 0.3) is 0 Å². The molecule has 7 heteroatoms. The molecule has 4 rings (SSSR count). The second-order valence-corrected chi connectivity index (χ2v) is 8.55. The van der Waals surface area contributed by atoms with E-state index in [0.717, 1.165) is 48.2 Å². The number of rotatable bonds is 5. The Labute approximate surface area is 184 Å². The molecule has 0 saturated carbocycles. The molecule has 0 aliphatic carbocycles. The van der Waals surface area contributed by atoms with Crippen molar-refractivity contribution in [3.8, 4) is 0 Å². The van der Waals surface area contributed by atoms with E-state index in [0.29, 0.717) is 13.1 Å². The summed E-state index contributed by atoms with van der Waals surface area (Å²) in [4.78, 5) is 18.8. The number of piperidine rings is 1. The molecular weight excluding hydrogens is 390 g/mol. The highest BCUT2D eigenvalue weighted by Gasteiger charge is 2.23. The van der Waals surface area contributed by atoms with Crippen molar-refractivity contribution in [1.82, 2.24) is 14.9 Å². The summed E-state index contributed by atoms with van der Waals surface area (Å²) in [6.45, 7) is 5.42. The first-order valence-corrected chi connectivity index (χ1v) is 11.2. The second-order valence-electron chi connectivity index (χ2n) is 8.55. The molecule has 0 unspecified atom stereocenters. The van der Waals surface area contributed by atoms with Crippen molar-refractivity contribution in [2.75, 3.05) is 56.5 Å². The molecule has 2 amide bonds. The Morgan fingerprint density at radius 2 is 1.45 bits per heavy atom. The second kappa shape index (κ2) is 10.0. The van der Waals surface area contributed by atoms with Crippen LogP contribution >= 0.6 is 0 Å². The van der Waals surface area contributed by atoms with Crippen molar-refractivity contribution < 1.29 is 10.0 Å². The standard InChI is InChI=1S/C24H33N5O2/c1-26-15-17-28(18-16-26)24(30)29(31)19-20-5-7-21(8-6-20)25-22-9-11-23(12-10-22)27-13-3-2-4-14-27/h5-12,25,31H,2-4,13-19H2,1H3. The summed E-state index contributed by atoms with van der Waals surface area (Å²) in [5.41, 5.74) is 4.19. The lowest BCUT2D eigenvalue weighted by Crippen LogP contribution is -2.51. The molecule has 7 nitrogen and oxygen atoms in total. The molecule has 2 aliphatic rings. The molecule has 0 radical (unpaired) electrons. The van der Waals surface area contributed by atoms with Crippen LogP contribution < -0.4 is 10.2 Å². The predicted octanol–water partition coefficient (Wildman–Crippen LogP) is 3.98. The van der Waals surface area contributed by atoms with E-state index in [1.807, 2.05) is 31.3 Å². The van der Waals surface area contributed by atoms with Crippen LogP contribution in [0.4, 0.5) is 21.9 Å². The molecule has 0 bridgehead atoms. The van der Waals surface area contributed by atoms with Gasteiger partial charge >= 0.3 is 6.03 Å². The van der Waals surface area contributed by atoms with Gasteiger partial charge in [0, 0.05) is 56.3 Å². The number of hydrogen-bond donors (Lipinski definition) is 2. The van der Waals surface area contributed by atoms with Crippen LogP contribution in [-0.2, 0) is 6.54 Å². The summed E-state index contributed by atoms with van der Waals surface area (Å²) in [6.07, 6.45) is 3.89. The van der Waals surface area contributed by atoms with Gasteiger partial charge in [-0.1, -0.05) is 12.1 Å². The monoisotopic (exact) mass is 423 g/mol. The number of carbonyl (C=O) groups is 1. The van der Waals surface area contributed by atoms with Gasteiger partial charge in [-0.05, 0) is 68.3 Å². The lowest BCUT2D eigenvalue weighted by molar-refractivity contribution is -0.0668. The van der Waals surface area contributed by atoms with Crippen LogP contribution in [0.1, 0.15) is 24.8 Å². The van der Waals surface area contributed by atoms with E-state index >= 15 is 0 Å². The fraction of sp³-hybridized carbons (Fsp3) is 0.458. The number of benzene rings is 2. The van der Waals surface area contributed by atoms with Gasteiger partial charge in [-0.3, -0.25) is 5.21 Å². The minimum absolute atomic E-state index is 0.177. The van der Waals surface area contributed by atoms with Gasteiger partial charge in [-0.15, -0.1) is 0 Å². The highest BCUT2D eigenvalue weighted by atomic mass is 16.5. The summed E-state index contributed by atoms with van der Waals surface area (Å²) < 4.78 is 0. The molecule has 0 atom stereocenters. The van der Waals surface area contributed by atoms with E-state index in [1.165, 1.54) is 24.9 Å². The predicted molar refractivity (Wildman–Crippen MR) is 124 cm³/mol. The van der Waals surface area contributed by atoms with E-state index in [4.69, 9.17) is 0 Å². The van der Waals surface area contributed by atoms with Crippen molar-refractivity contribution in [3.63, 3.8) is 0 Å². The number of carbonyl (C=O) groups excluding carboxylic acids is 1. The van der Waals surface area contributed by atoms with Crippen LogP contribution in [0.5, 0.6) is 0 Å². The zero-order valence-electron chi connectivity index (χ0n) is 18.3. The van der Waals surface area contributed by atoms with E-state index in [9.17, 15) is 10.0 Å². The lowest BCUT2D eigenvalue weighted by Gasteiger charge is -2.34. The Hall–Kier alpha value is -2.77. The quantitative estimate of drug-likeness (QED) is 0.563. The summed E-state index contributed by atoms with van der Waals surface area (Å²) in [5.74, 6) is 0. The molecule has 2 fully saturated rings. The Kier molecular flexibility index (Phi) is 6.94. The van der Waals surface area contributed by atoms with Gasteiger partial charge in [0.2, 0.25) is 0 Å². The van der Waals surface area contributed by atoms with Crippen LogP contribution in [0.15, 0.2) is 48.5 Å². The van der Waals surface area contributed by atoms with Gasteiger partial charge in [-0.2, -0.15) is 0 Å². The largest absolute Gasteiger partial charge is 0.372 e. The zero-order valence-corrected chi connectivity index (χ0v) is 18.3. The van der Waals surface area contributed by atoms with E-state index in [1.54, 1.807) is 4.90 Å². The van der Waals surface area contributed by atoms with Crippen molar-refractivity contribution in [2.45, 2.75) is 25.8 Å². The summed E-state index contributed by atoms with van der Waals surface area (Å²) in [6, 6.07) is 16.1. The summed E-state index contributed by atoms with van der Waals surface area (Å²) in [7, 11) is 2.04. The first-order chi connectivity index (χ1) is 15.1. The maximum atomic E-state index is 12.4. The molecule has 2 aliphatic heterocycles. The number of likely N-dealkylation sites (N-methyl/N-ethyl adjacent to an activating group) is 1. The molecule has 31 heavy (non-hydrogen) atoms. The fourth-order valence-corrected chi connectivity index (χ4v) is 4.17. The van der Waals surface area contributed by atoms with Crippen LogP contribution in [-0.4, -0.2) is 72.4 Å². The summed E-state index contributed by atoms with van der Waals surface area (Å²) in [5, 5.41) is 14.5. The smallest absolute Gasteiger partial charge is 0.344 e. The first-order valence-electron chi connectivity index (χ1n) is 11.2. The molecule has 2 N–H and O–H groups in total. The van der Waals surface area contributed by atoms with E-state index < -0.39 is 0 Å². The average molecular weight is 424 g/mol. The molecule has 166 valence electrons. The van der Waals surface area contributed by atoms with E-state index in [2.05, 4.69) is 39.4 Å². The third-order valence-electron chi connectivity index (χ3n) is 6.16. The van der Waals surface area contributed by atoms with Crippen molar-refractivity contribution in [3.05, 3.63) is 54.1 Å². The number of amides is 2. The van der Waals surface area contributed by atoms with E-state index in [-0.39, 0.29) is 12.6 Å². The highest BCUT2D eigenvalue weighted by Crippen LogP contribution is 2.24. The number of nitrogens with one attached hydrogen (secondary N) is 1. The normalized spacial score (nSPS) is 17.5. The van der Waals surface area contributed by atoms with Crippen LogP contribution in [0.3, 0.4) is 0 Å². The Morgan fingerprint density at radius 3 is 2.06 bits per heavy atom. The first kappa shape index (κ1) is 21.5. The number of urea groups is 1. The number of hydrogen-bond acceptors (Lipinski definition) is 5. The maximum absolute atomic E-state index is 12.4. The Balaban J connectivity index is 1.29. The Morgan fingerprint density at radius 1 is 0.871 bits per heavy atom. The van der Waals surface area contributed by atoms with Gasteiger partial charge in [0.25, 0.3) is 0 Å². The number of hydroxylamine groups is 2. The minimum Gasteiger partial charge on any atom is -0.372 e. The third-order valence-corrected chi connectivity index (χ3v) is 6.16. The fourth-order valence-electron chi connectivity index (χ4n) is 4.17. The van der Waals surface area contributed by atoms with Gasteiger partial charge in [0.15, 0.2) is 0 Å². The maximum Gasteiger partial charge on any atom is 0.344 e. The third kappa shape index (κ3) is 5.68. The minimum atomic E-state index is -0.330. The molecule has 0 aromatic heterocycles. The zero-order chi connectivity index (χ0) is 21.6. The van der Waals surface area contributed by atoms with Gasteiger partial charge in [-0.25, -0.2) is 9.86 Å². The van der Waals surface area contributed by atoms with Crippen LogP contribution in [0.2, 0.25) is 0 Å². The average Bonchev–Trinajstić information content (AvgIpc) is 2.81. The summed E-state index contributed by atoms with van der Waals surface area (Å²) >= 11 is 0. The number of nitrogens with zero attached hydrogens (tertiary/aromatic N) is 4. The molecule has 2 aromatic carbocycles. The molecule has 2 heterocycles. The van der Waals surface area contributed by atoms with Crippen molar-refractivity contribution in [1.29, 1.82) is 0 Å². The van der Waals surface area contributed by atoms with Crippen molar-refractivity contribution in [2.24, 2.45) is 0 Å². The molecule has 0 spiro atoms. The van der Waals surface area contributed by atoms with Gasteiger partial charge < -0.3 is 20.0 Å². The van der Waals surface area contributed by atoms with Gasteiger partial charge in [0.05, 0.1) is 6.54 Å². The molecule has 2 aromatic rings. The number of anilines is 3. The SMILES string of the molecule is CN1CCN(C(=O)N(O)Cc2ccc(Nc3ccc(N4CCCCC4)cc3)cc2)CC1. The Bertz CT molecular complexity index is 841. The lowest BCUT2D eigenvalue weighted by atomic mass is 10.1. The topological polar surface area (TPSA) is 62.3 Å². The van der Waals surface area contributed by atoms with Crippen LogP contribution in [0, 0.1) is 0 Å². The number of piperazine rings is 1. The molecule has 2 saturated heterocycles.